The average molecular weight is 764 g/mol. The van der Waals surface area contributed by atoms with Gasteiger partial charge in [-0.15, -0.1) is 0 Å². The maximum atomic E-state index is 5.48. The summed E-state index contributed by atoms with van der Waals surface area (Å²) in [6.45, 7) is 0. The lowest BCUT2D eigenvalue weighted by molar-refractivity contribution is 1.32. The molecule has 11 rings (SSSR count). The summed E-state index contributed by atoms with van der Waals surface area (Å²) in [5, 5.41) is 12.7. The van der Waals surface area contributed by atoms with Crippen molar-refractivity contribution >= 4 is 96.9 Å². The van der Waals surface area contributed by atoms with Crippen molar-refractivity contribution in [1.29, 1.82) is 0 Å². The molecule has 268 valence electrons. The topological polar surface area (TPSA) is 30.2 Å². The third-order valence-electron chi connectivity index (χ3n) is 10.9. The number of aromatic nitrogens is 3. The van der Waals surface area contributed by atoms with Crippen molar-refractivity contribution in [3.05, 3.63) is 212 Å². The van der Waals surface area contributed by atoms with Crippen LogP contribution in [0.1, 0.15) is 0 Å². The summed E-state index contributed by atoms with van der Waals surface area (Å²) >= 11 is 0. The van der Waals surface area contributed by atoms with Gasteiger partial charge in [-0.3, -0.25) is 9.38 Å². The minimum atomic E-state index is -0.809. The van der Waals surface area contributed by atoms with E-state index in [4.69, 9.17) is 4.98 Å². The molecule has 0 N–H and O–H groups in total. The largest absolute Gasteiger partial charge is 0.292 e. The van der Waals surface area contributed by atoms with Crippen LogP contribution in [-0.2, 0) is 0 Å². The molecule has 0 bridgehead atoms. The van der Waals surface area contributed by atoms with E-state index in [1.54, 1.807) is 0 Å². The van der Waals surface area contributed by atoms with Crippen molar-refractivity contribution in [1.82, 2.24) is 14.4 Å². The second-order valence-electron chi connectivity index (χ2n) is 14.3. The van der Waals surface area contributed by atoms with E-state index in [0.29, 0.717) is 0 Å². The van der Waals surface area contributed by atoms with Crippen LogP contribution >= 0.6 is 15.8 Å². The SMILES string of the molecule is c1ccc(P(c2ccccc2)c2ccc3c4ccc(P(c5ccccc5)c5ccccc5)cc4n4c5cc(-c6ccc7cccnc7c6)ccc5nc4c3c2)cc1. The summed E-state index contributed by atoms with van der Waals surface area (Å²) in [4.78, 5) is 10.2. The molecule has 3 heterocycles. The zero-order chi connectivity index (χ0) is 37.7. The Morgan fingerprint density at radius 2 is 0.895 bits per heavy atom. The van der Waals surface area contributed by atoms with Crippen LogP contribution in [0.2, 0.25) is 0 Å². The monoisotopic (exact) mass is 763 g/mol. The van der Waals surface area contributed by atoms with Crippen LogP contribution in [0.25, 0.3) is 60.4 Å². The number of rotatable bonds is 7. The average Bonchev–Trinajstić information content (AvgIpc) is 3.68. The number of hydrogen-bond acceptors (Lipinski definition) is 2. The first-order chi connectivity index (χ1) is 28.3. The van der Waals surface area contributed by atoms with Gasteiger partial charge in [-0.25, -0.2) is 4.98 Å². The van der Waals surface area contributed by atoms with Gasteiger partial charge >= 0.3 is 0 Å². The normalized spacial score (nSPS) is 11.8. The van der Waals surface area contributed by atoms with Crippen LogP contribution in [0.15, 0.2) is 212 Å². The molecule has 0 atom stereocenters. The fourth-order valence-corrected chi connectivity index (χ4v) is 12.9. The molecule has 0 aliphatic carbocycles. The first kappa shape index (κ1) is 33.8. The molecule has 0 fully saturated rings. The molecule has 0 amide bonds. The highest BCUT2D eigenvalue weighted by Crippen LogP contribution is 2.40. The summed E-state index contributed by atoms with van der Waals surface area (Å²) in [5.41, 5.74) is 7.48. The lowest BCUT2D eigenvalue weighted by atomic mass is 10.0. The van der Waals surface area contributed by atoms with Crippen molar-refractivity contribution in [3.8, 4) is 11.1 Å². The van der Waals surface area contributed by atoms with Gasteiger partial charge < -0.3 is 0 Å². The second kappa shape index (κ2) is 14.2. The first-order valence-electron chi connectivity index (χ1n) is 19.2. The fraction of sp³-hybridized carbons (Fsp3) is 0. The quantitative estimate of drug-likeness (QED) is 0.120. The van der Waals surface area contributed by atoms with Gasteiger partial charge in [0.25, 0.3) is 0 Å². The molecule has 3 aromatic heterocycles. The van der Waals surface area contributed by atoms with Gasteiger partial charge in [0.05, 0.1) is 22.1 Å². The first-order valence-corrected chi connectivity index (χ1v) is 21.9. The van der Waals surface area contributed by atoms with E-state index in [1.807, 2.05) is 12.3 Å². The summed E-state index contributed by atoms with van der Waals surface area (Å²) in [7, 11) is -1.61. The van der Waals surface area contributed by atoms with E-state index in [0.717, 1.165) is 49.6 Å². The molecule has 0 saturated heterocycles. The number of imidazole rings is 1. The zero-order valence-corrected chi connectivity index (χ0v) is 32.7. The highest BCUT2D eigenvalue weighted by atomic mass is 31.1. The van der Waals surface area contributed by atoms with E-state index in [9.17, 15) is 0 Å². The Labute approximate surface area is 333 Å². The minimum absolute atomic E-state index is 0.797. The van der Waals surface area contributed by atoms with Crippen LogP contribution in [0.4, 0.5) is 0 Å². The lowest BCUT2D eigenvalue weighted by Crippen LogP contribution is -2.21. The summed E-state index contributed by atoms with van der Waals surface area (Å²) in [6.07, 6.45) is 1.87. The minimum Gasteiger partial charge on any atom is -0.292 e. The molecule has 0 aliphatic heterocycles. The molecule has 0 radical (unpaired) electrons. The van der Waals surface area contributed by atoms with Gasteiger partial charge in [-0.05, 0) is 101 Å². The van der Waals surface area contributed by atoms with Crippen LogP contribution in [0, 0.1) is 0 Å². The number of fused-ring (bicyclic) bond motifs is 9. The molecular weight excluding hydrogens is 729 g/mol. The predicted molar refractivity (Wildman–Crippen MR) is 246 cm³/mol. The van der Waals surface area contributed by atoms with E-state index in [1.165, 1.54) is 42.6 Å². The molecule has 3 nitrogen and oxygen atoms in total. The smallest absolute Gasteiger partial charge is 0.146 e. The highest BCUT2D eigenvalue weighted by Gasteiger charge is 2.22. The van der Waals surface area contributed by atoms with E-state index < -0.39 is 15.8 Å². The Morgan fingerprint density at radius 3 is 1.51 bits per heavy atom. The second-order valence-corrected chi connectivity index (χ2v) is 18.8. The maximum absolute atomic E-state index is 5.48. The molecular formula is C52H35N3P2. The zero-order valence-electron chi connectivity index (χ0n) is 30.9. The van der Waals surface area contributed by atoms with Crippen molar-refractivity contribution in [2.45, 2.75) is 0 Å². The van der Waals surface area contributed by atoms with E-state index in [-0.39, 0.29) is 0 Å². The molecule has 0 saturated carbocycles. The molecule has 8 aromatic carbocycles. The van der Waals surface area contributed by atoms with Crippen LogP contribution in [0.3, 0.4) is 0 Å². The number of pyridine rings is 2. The van der Waals surface area contributed by atoms with Crippen LogP contribution in [0.5, 0.6) is 0 Å². The Kier molecular flexibility index (Phi) is 8.43. The van der Waals surface area contributed by atoms with Crippen molar-refractivity contribution in [2.24, 2.45) is 0 Å². The number of nitrogens with zero attached hydrogens (tertiary/aromatic N) is 3. The molecule has 57 heavy (non-hydrogen) atoms. The Hall–Kier alpha value is -6.50. The van der Waals surface area contributed by atoms with E-state index in [2.05, 4.69) is 210 Å². The molecule has 0 unspecified atom stereocenters. The third kappa shape index (κ3) is 5.99. The van der Waals surface area contributed by atoms with Gasteiger partial charge in [-0.2, -0.15) is 0 Å². The van der Waals surface area contributed by atoms with Crippen LogP contribution in [-0.4, -0.2) is 14.4 Å². The molecule has 11 aromatic rings. The van der Waals surface area contributed by atoms with Crippen molar-refractivity contribution in [3.63, 3.8) is 0 Å². The Bertz CT molecular complexity index is 3160. The summed E-state index contributed by atoms with van der Waals surface area (Å²) < 4.78 is 2.43. The van der Waals surface area contributed by atoms with Crippen molar-refractivity contribution < 1.29 is 0 Å². The predicted octanol–water partition coefficient (Wildman–Crippen LogP) is 10.5. The van der Waals surface area contributed by atoms with E-state index >= 15 is 0 Å². The lowest BCUT2D eigenvalue weighted by Gasteiger charge is -2.21. The molecule has 0 aliphatic rings. The highest BCUT2D eigenvalue weighted by molar-refractivity contribution is 7.80. The summed E-state index contributed by atoms with van der Waals surface area (Å²) in [5.74, 6) is 0. The van der Waals surface area contributed by atoms with Crippen molar-refractivity contribution in [2.75, 3.05) is 0 Å². The number of hydrogen-bond donors (Lipinski definition) is 0. The maximum Gasteiger partial charge on any atom is 0.146 e. The Balaban J connectivity index is 1.20. The molecule has 5 heteroatoms. The standard InChI is InChI=1S/C52H35N3P2/c1-5-15-39(16-6-1)56(40-17-7-2-8-18-40)43-26-28-45-46-29-27-44(57(41-19-9-3-10-20-41)42-21-11-4-12-22-42)35-50(46)55-51-33-38(25-30-48(51)54-52(55)47(45)34-43)37-24-23-36-14-13-31-53-49(36)32-37/h1-35H. The fourth-order valence-electron chi connectivity index (χ4n) is 8.29. The van der Waals surface area contributed by atoms with Gasteiger partial charge in [0.1, 0.15) is 5.65 Å². The van der Waals surface area contributed by atoms with Crippen LogP contribution < -0.4 is 31.8 Å². The van der Waals surface area contributed by atoms with Gasteiger partial charge in [-0.1, -0.05) is 170 Å². The Morgan fingerprint density at radius 1 is 0.351 bits per heavy atom. The van der Waals surface area contributed by atoms with Gasteiger partial charge in [0, 0.05) is 22.4 Å². The van der Waals surface area contributed by atoms with Gasteiger partial charge in [0.2, 0.25) is 0 Å². The third-order valence-corrected chi connectivity index (χ3v) is 15.8. The number of benzene rings is 8. The summed E-state index contributed by atoms with van der Waals surface area (Å²) in [6, 6.07) is 75.5. The van der Waals surface area contributed by atoms with Gasteiger partial charge in [0.15, 0.2) is 0 Å². The molecule has 0 spiro atoms.